The average molecular weight is 513 g/mol. The quantitative estimate of drug-likeness (QED) is 0.593. The molecular formula is C29H36O8. The number of hydrogen-bond donors (Lipinski definition) is 2. The van der Waals surface area contributed by atoms with Crippen molar-refractivity contribution in [1.82, 2.24) is 0 Å². The average Bonchev–Trinajstić information content (AvgIpc) is 2.84. The Morgan fingerprint density at radius 2 is 1.70 bits per heavy atom. The first-order valence-electron chi connectivity index (χ1n) is 12.8. The zero-order valence-corrected chi connectivity index (χ0v) is 22.3. The molecule has 2 N–H and O–H groups in total. The molecule has 37 heavy (non-hydrogen) atoms. The van der Waals surface area contributed by atoms with E-state index in [0.717, 1.165) is 0 Å². The maximum absolute atomic E-state index is 13.2. The summed E-state index contributed by atoms with van der Waals surface area (Å²) in [4.78, 5) is 25.0. The Balaban J connectivity index is 1.58. The molecule has 2 saturated carbocycles. The highest BCUT2D eigenvalue weighted by molar-refractivity contribution is 5.66. The van der Waals surface area contributed by atoms with Crippen molar-refractivity contribution in [2.24, 2.45) is 10.8 Å². The molecule has 1 aromatic carbocycles. The molecule has 0 saturated heterocycles. The number of esters is 1. The Kier molecular flexibility index (Phi) is 5.63. The highest BCUT2D eigenvalue weighted by Crippen LogP contribution is 2.68. The maximum atomic E-state index is 13.2. The van der Waals surface area contributed by atoms with Gasteiger partial charge < -0.3 is 28.8 Å². The summed E-state index contributed by atoms with van der Waals surface area (Å²) in [7, 11) is 1.58. The standard InChI is InChI=1S/C29H36O8/c1-17(30)35-23-11-12-26(4)28(32,25(23,2)3)14-13-27(5)29(26,33)16-20-22(37-27)15-21(36-24(20)31)18-7-9-19(34-6)10-8-18/h7-10,15,23,32-33H,11-14,16H2,1-6H3/t23-,26-,27+,28+,29-/m0/s1. The molecule has 0 amide bonds. The summed E-state index contributed by atoms with van der Waals surface area (Å²) in [5.74, 6) is 1.04. The maximum Gasteiger partial charge on any atom is 0.343 e. The number of fused-ring (bicyclic) bond motifs is 4. The molecule has 1 aliphatic heterocycles. The van der Waals surface area contributed by atoms with E-state index in [1.54, 1.807) is 37.4 Å². The fourth-order valence-electron chi connectivity index (χ4n) is 7.39. The molecule has 5 rings (SSSR count). The van der Waals surface area contributed by atoms with Gasteiger partial charge in [-0.15, -0.1) is 0 Å². The van der Waals surface area contributed by atoms with Crippen LogP contribution in [0.15, 0.2) is 39.5 Å². The number of methoxy groups -OCH3 is 1. The molecule has 200 valence electrons. The lowest BCUT2D eigenvalue weighted by molar-refractivity contribution is -0.341. The summed E-state index contributed by atoms with van der Waals surface area (Å²) in [6, 6.07) is 8.87. The predicted octanol–water partition coefficient (Wildman–Crippen LogP) is 4.02. The molecule has 1 aromatic heterocycles. The summed E-state index contributed by atoms with van der Waals surface area (Å²) in [6.45, 7) is 8.87. The van der Waals surface area contributed by atoms with Crippen molar-refractivity contribution in [3.8, 4) is 22.8 Å². The Labute approximate surface area is 216 Å². The van der Waals surface area contributed by atoms with Gasteiger partial charge in [0.1, 0.15) is 34.6 Å². The number of carbonyl (C=O) groups is 1. The minimum atomic E-state index is -1.57. The monoisotopic (exact) mass is 512 g/mol. The first kappa shape index (κ1) is 25.8. The molecule has 0 spiro atoms. The van der Waals surface area contributed by atoms with Crippen LogP contribution in [0, 0.1) is 10.8 Å². The zero-order chi connectivity index (χ0) is 27.0. The van der Waals surface area contributed by atoms with Crippen molar-refractivity contribution in [2.45, 2.75) is 89.6 Å². The van der Waals surface area contributed by atoms with Gasteiger partial charge in [0.05, 0.1) is 18.3 Å². The Bertz CT molecular complexity index is 1300. The number of rotatable bonds is 3. The Morgan fingerprint density at radius 3 is 2.32 bits per heavy atom. The van der Waals surface area contributed by atoms with Crippen molar-refractivity contribution < 1.29 is 33.6 Å². The summed E-state index contributed by atoms with van der Waals surface area (Å²) in [6.07, 6.45) is 1.05. The topological polar surface area (TPSA) is 115 Å². The van der Waals surface area contributed by atoms with Crippen LogP contribution in [0.4, 0.5) is 0 Å². The van der Waals surface area contributed by atoms with Gasteiger partial charge in [-0.2, -0.15) is 0 Å². The van der Waals surface area contributed by atoms with Crippen molar-refractivity contribution in [1.29, 1.82) is 0 Å². The van der Waals surface area contributed by atoms with Crippen LogP contribution in [0.2, 0.25) is 0 Å². The van der Waals surface area contributed by atoms with Gasteiger partial charge in [0, 0.05) is 35.8 Å². The van der Waals surface area contributed by atoms with Crippen LogP contribution < -0.4 is 15.1 Å². The SMILES string of the molecule is COc1ccc(-c2cc3c(c(=O)o2)C[C@]2(O)[C@@]4(C)CC[C@H](OC(C)=O)C(C)(C)[C@]4(O)CC[C@@]2(C)O3)cc1. The second-order valence-electron chi connectivity index (χ2n) is 11.9. The smallest absolute Gasteiger partial charge is 0.343 e. The van der Waals surface area contributed by atoms with Crippen molar-refractivity contribution >= 4 is 5.97 Å². The lowest BCUT2D eigenvalue weighted by Crippen LogP contribution is -2.81. The second-order valence-corrected chi connectivity index (χ2v) is 11.9. The molecule has 8 heteroatoms. The lowest BCUT2D eigenvalue weighted by Gasteiger charge is -2.71. The molecule has 0 unspecified atom stereocenters. The van der Waals surface area contributed by atoms with Gasteiger partial charge in [0.25, 0.3) is 0 Å². The van der Waals surface area contributed by atoms with Gasteiger partial charge >= 0.3 is 11.6 Å². The third-order valence-corrected chi connectivity index (χ3v) is 9.90. The number of carbonyl (C=O) groups excluding carboxylic acids is 1. The molecule has 2 fully saturated rings. The van der Waals surface area contributed by atoms with E-state index in [1.165, 1.54) is 6.92 Å². The summed E-state index contributed by atoms with van der Waals surface area (Å²) < 4.78 is 23.0. The van der Waals surface area contributed by atoms with Crippen LogP contribution in [0.1, 0.15) is 65.9 Å². The fourth-order valence-corrected chi connectivity index (χ4v) is 7.39. The second kappa shape index (κ2) is 8.08. The van der Waals surface area contributed by atoms with Crippen LogP contribution in [-0.4, -0.2) is 46.2 Å². The van der Waals surface area contributed by atoms with E-state index in [4.69, 9.17) is 18.6 Å². The zero-order valence-electron chi connectivity index (χ0n) is 22.3. The van der Waals surface area contributed by atoms with Crippen molar-refractivity contribution in [3.05, 3.63) is 46.3 Å². The van der Waals surface area contributed by atoms with Gasteiger partial charge in [-0.1, -0.05) is 20.8 Å². The minimum Gasteiger partial charge on any atom is -0.497 e. The number of aliphatic hydroxyl groups is 2. The van der Waals surface area contributed by atoms with Crippen LogP contribution in [0.5, 0.6) is 11.5 Å². The predicted molar refractivity (Wildman–Crippen MR) is 136 cm³/mol. The summed E-state index contributed by atoms with van der Waals surface area (Å²) in [5, 5.41) is 24.8. The third kappa shape index (κ3) is 3.34. The summed E-state index contributed by atoms with van der Waals surface area (Å²) >= 11 is 0. The normalized spacial score (nSPS) is 35.8. The first-order chi connectivity index (χ1) is 17.2. The van der Waals surface area contributed by atoms with E-state index < -0.39 is 45.3 Å². The molecule has 0 bridgehead atoms. The molecule has 2 heterocycles. The molecule has 2 aromatic rings. The first-order valence-corrected chi connectivity index (χ1v) is 12.8. The van der Waals surface area contributed by atoms with Crippen LogP contribution >= 0.6 is 0 Å². The van der Waals surface area contributed by atoms with E-state index in [-0.39, 0.29) is 12.0 Å². The number of ether oxygens (including phenoxy) is 3. The largest absolute Gasteiger partial charge is 0.497 e. The highest BCUT2D eigenvalue weighted by atomic mass is 16.5. The number of benzene rings is 1. The van der Waals surface area contributed by atoms with Gasteiger partial charge in [-0.05, 0) is 56.9 Å². The van der Waals surface area contributed by atoms with Gasteiger partial charge in [0.15, 0.2) is 0 Å². The van der Waals surface area contributed by atoms with E-state index >= 15 is 0 Å². The molecule has 2 aliphatic carbocycles. The fraction of sp³-hybridized carbons (Fsp3) is 0.586. The van der Waals surface area contributed by atoms with E-state index in [1.807, 2.05) is 27.7 Å². The van der Waals surface area contributed by atoms with Crippen LogP contribution in [-0.2, 0) is 16.0 Å². The molecule has 3 aliphatic rings. The van der Waals surface area contributed by atoms with Crippen molar-refractivity contribution in [2.75, 3.05) is 7.11 Å². The van der Waals surface area contributed by atoms with Crippen molar-refractivity contribution in [3.63, 3.8) is 0 Å². The molecule has 8 nitrogen and oxygen atoms in total. The van der Waals surface area contributed by atoms with Gasteiger partial charge in [-0.3, -0.25) is 4.79 Å². The summed E-state index contributed by atoms with van der Waals surface area (Å²) in [5.41, 5.74) is -5.53. The third-order valence-electron chi connectivity index (χ3n) is 9.90. The Morgan fingerprint density at radius 1 is 1.03 bits per heavy atom. The number of hydrogen-bond acceptors (Lipinski definition) is 8. The Hall–Kier alpha value is -2.84. The van der Waals surface area contributed by atoms with Crippen LogP contribution in [0.3, 0.4) is 0 Å². The van der Waals surface area contributed by atoms with Crippen LogP contribution in [0.25, 0.3) is 11.3 Å². The van der Waals surface area contributed by atoms with E-state index in [2.05, 4.69) is 0 Å². The van der Waals surface area contributed by atoms with Gasteiger partial charge in [-0.25, -0.2) is 4.79 Å². The highest BCUT2D eigenvalue weighted by Gasteiger charge is 2.77. The van der Waals surface area contributed by atoms with Gasteiger partial charge in [0.2, 0.25) is 0 Å². The minimum absolute atomic E-state index is 0.0167. The van der Waals surface area contributed by atoms with E-state index in [0.29, 0.717) is 48.5 Å². The molecule has 0 radical (unpaired) electrons. The molecule has 5 atom stereocenters. The lowest BCUT2D eigenvalue weighted by atomic mass is 9.39. The van der Waals surface area contributed by atoms with E-state index in [9.17, 15) is 19.8 Å². The molecular weight excluding hydrogens is 476 g/mol.